The number of rotatable bonds is 3. The summed E-state index contributed by atoms with van der Waals surface area (Å²) in [5.41, 5.74) is 0. The van der Waals surface area contributed by atoms with Crippen LogP contribution in [0.4, 0.5) is 0 Å². The van der Waals surface area contributed by atoms with E-state index in [0.717, 1.165) is 0 Å². The second kappa shape index (κ2) is 4.80. The minimum Gasteiger partial charge on any atom is -0.0879 e. The van der Waals surface area contributed by atoms with Crippen molar-refractivity contribution < 1.29 is 0 Å². The van der Waals surface area contributed by atoms with Crippen molar-refractivity contribution in [3.63, 3.8) is 0 Å². The third kappa shape index (κ3) is 3.08. The van der Waals surface area contributed by atoms with Crippen LogP contribution in [0, 0.1) is 0 Å². The van der Waals surface area contributed by atoms with E-state index in [-0.39, 0.29) is 0 Å². The molecule has 0 saturated carbocycles. The van der Waals surface area contributed by atoms with E-state index in [1.54, 1.807) is 0 Å². The van der Waals surface area contributed by atoms with Gasteiger partial charge in [0.2, 0.25) is 0 Å². The van der Waals surface area contributed by atoms with Crippen LogP contribution in [-0.2, 0) is 0 Å². The lowest BCUT2D eigenvalue weighted by molar-refractivity contribution is 0.758. The zero-order valence-corrected chi connectivity index (χ0v) is 8.50. The molecule has 0 aliphatic carbocycles. The highest BCUT2D eigenvalue weighted by Gasteiger charge is 2.09. The van der Waals surface area contributed by atoms with Crippen LogP contribution in [0.25, 0.3) is 0 Å². The third-order valence-electron chi connectivity index (χ3n) is 1.17. The van der Waals surface area contributed by atoms with Crippen LogP contribution in [0.15, 0.2) is 0 Å². The predicted octanol–water partition coefficient (Wildman–Crippen LogP) is 3.33. The molecular formula is C6H12Br2. The largest absolute Gasteiger partial charge is 0.0879 e. The van der Waals surface area contributed by atoms with Gasteiger partial charge in [-0.1, -0.05) is 45.7 Å². The minimum absolute atomic E-state index is 0.646. The van der Waals surface area contributed by atoms with Crippen molar-refractivity contribution in [3.8, 4) is 0 Å². The first-order chi connectivity index (χ1) is 3.72. The van der Waals surface area contributed by atoms with Gasteiger partial charge < -0.3 is 0 Å². The van der Waals surface area contributed by atoms with Crippen molar-refractivity contribution in [2.24, 2.45) is 0 Å². The molecule has 0 spiro atoms. The molecule has 0 aromatic rings. The first-order valence-electron chi connectivity index (χ1n) is 3.00. The summed E-state index contributed by atoms with van der Waals surface area (Å²) < 4.78 is 0. The van der Waals surface area contributed by atoms with Crippen LogP contribution >= 0.6 is 31.9 Å². The van der Waals surface area contributed by atoms with E-state index < -0.39 is 0 Å². The zero-order chi connectivity index (χ0) is 6.57. The normalized spacial score (nSPS) is 18.0. The average molecular weight is 244 g/mol. The molecule has 0 heterocycles. The summed E-state index contributed by atoms with van der Waals surface area (Å²) in [5.74, 6) is 0. The molecule has 0 aromatic carbocycles. The first-order valence-corrected chi connectivity index (χ1v) is 4.83. The van der Waals surface area contributed by atoms with Gasteiger partial charge in [0.05, 0.1) is 0 Å². The van der Waals surface area contributed by atoms with Crippen LogP contribution in [-0.4, -0.2) is 9.65 Å². The topological polar surface area (TPSA) is 0 Å². The average Bonchev–Trinajstić information content (AvgIpc) is 1.84. The molecule has 1 unspecified atom stereocenters. The van der Waals surface area contributed by atoms with Crippen molar-refractivity contribution in [2.45, 2.75) is 36.3 Å². The lowest BCUT2D eigenvalue weighted by Gasteiger charge is -2.10. The van der Waals surface area contributed by atoms with Gasteiger partial charge in [0, 0.05) is 9.65 Å². The number of hydrogen-bond donors (Lipinski definition) is 0. The van der Waals surface area contributed by atoms with E-state index in [4.69, 9.17) is 0 Å². The highest BCUT2D eigenvalue weighted by molar-refractivity contribution is 9.12. The Balaban J connectivity index is 3.29. The molecule has 2 heteroatoms. The molecule has 0 radical (unpaired) electrons. The van der Waals surface area contributed by atoms with Crippen LogP contribution in [0.5, 0.6) is 0 Å². The summed E-state index contributed by atoms with van der Waals surface area (Å²) in [5, 5.41) is 0. The number of alkyl halides is 2. The Kier molecular flexibility index (Phi) is 5.38. The molecular weight excluding hydrogens is 232 g/mol. The van der Waals surface area contributed by atoms with Crippen molar-refractivity contribution in [2.75, 3.05) is 0 Å². The quantitative estimate of drug-likeness (QED) is 0.668. The van der Waals surface area contributed by atoms with Gasteiger partial charge in [-0.25, -0.2) is 0 Å². The molecule has 0 N–H and O–H groups in total. The molecule has 0 fully saturated rings. The van der Waals surface area contributed by atoms with Gasteiger partial charge in [0.1, 0.15) is 0 Å². The Morgan fingerprint density at radius 1 is 1.00 bits per heavy atom. The Bertz CT molecular complexity index is 46.5. The Morgan fingerprint density at radius 3 is 1.38 bits per heavy atom. The van der Waals surface area contributed by atoms with Gasteiger partial charge in [-0.3, -0.25) is 0 Å². The maximum Gasteiger partial charge on any atom is 0.0268 e. The summed E-state index contributed by atoms with van der Waals surface area (Å²) in [6.45, 7) is 4.37. The molecule has 0 aliphatic heterocycles. The summed E-state index contributed by atoms with van der Waals surface area (Å²) in [7, 11) is 0. The molecule has 0 bridgehead atoms. The SMILES string of the molecule is CCC(Br)[C@@H](Br)CC. The second-order valence-corrected chi connectivity index (χ2v) is 4.20. The van der Waals surface area contributed by atoms with E-state index in [2.05, 4.69) is 45.7 Å². The van der Waals surface area contributed by atoms with Gasteiger partial charge in [-0.05, 0) is 12.8 Å². The van der Waals surface area contributed by atoms with Crippen LogP contribution in [0.1, 0.15) is 26.7 Å². The lowest BCUT2D eigenvalue weighted by atomic mass is 10.2. The Labute approximate surface area is 68.3 Å². The molecule has 0 saturated heterocycles. The van der Waals surface area contributed by atoms with Gasteiger partial charge >= 0.3 is 0 Å². The molecule has 0 aliphatic rings. The van der Waals surface area contributed by atoms with E-state index in [1.807, 2.05) is 0 Å². The maximum absolute atomic E-state index is 3.56. The second-order valence-electron chi connectivity index (χ2n) is 1.85. The highest BCUT2D eigenvalue weighted by Crippen LogP contribution is 2.19. The smallest absolute Gasteiger partial charge is 0.0268 e. The molecule has 2 atom stereocenters. The third-order valence-corrected chi connectivity index (χ3v) is 4.45. The maximum atomic E-state index is 3.56. The van der Waals surface area contributed by atoms with Gasteiger partial charge in [0.25, 0.3) is 0 Å². The van der Waals surface area contributed by atoms with E-state index in [9.17, 15) is 0 Å². The van der Waals surface area contributed by atoms with E-state index >= 15 is 0 Å². The van der Waals surface area contributed by atoms with Gasteiger partial charge in [0.15, 0.2) is 0 Å². The summed E-state index contributed by atoms with van der Waals surface area (Å²) in [6.07, 6.45) is 2.40. The van der Waals surface area contributed by atoms with E-state index in [1.165, 1.54) is 12.8 Å². The summed E-state index contributed by atoms with van der Waals surface area (Å²) in [6, 6.07) is 0. The van der Waals surface area contributed by atoms with Crippen molar-refractivity contribution in [1.82, 2.24) is 0 Å². The molecule has 0 rings (SSSR count). The monoisotopic (exact) mass is 242 g/mol. The number of halogens is 2. The molecule has 0 nitrogen and oxygen atoms in total. The van der Waals surface area contributed by atoms with E-state index in [0.29, 0.717) is 9.65 Å². The Morgan fingerprint density at radius 2 is 1.25 bits per heavy atom. The van der Waals surface area contributed by atoms with Gasteiger partial charge in [-0.2, -0.15) is 0 Å². The molecule has 0 aromatic heterocycles. The van der Waals surface area contributed by atoms with Crippen molar-refractivity contribution >= 4 is 31.9 Å². The zero-order valence-electron chi connectivity index (χ0n) is 5.32. The summed E-state index contributed by atoms with van der Waals surface area (Å²) in [4.78, 5) is 1.29. The van der Waals surface area contributed by atoms with Gasteiger partial charge in [-0.15, -0.1) is 0 Å². The fourth-order valence-electron chi connectivity index (χ4n) is 0.512. The lowest BCUT2D eigenvalue weighted by Crippen LogP contribution is -2.10. The van der Waals surface area contributed by atoms with Crippen LogP contribution in [0.2, 0.25) is 0 Å². The fraction of sp³-hybridized carbons (Fsp3) is 1.00. The summed E-state index contributed by atoms with van der Waals surface area (Å²) >= 11 is 7.11. The van der Waals surface area contributed by atoms with Crippen LogP contribution in [0.3, 0.4) is 0 Å². The predicted molar refractivity (Wildman–Crippen MR) is 46.0 cm³/mol. The highest BCUT2D eigenvalue weighted by atomic mass is 79.9. The fourth-order valence-corrected chi connectivity index (χ4v) is 1.26. The number of hydrogen-bond acceptors (Lipinski definition) is 0. The van der Waals surface area contributed by atoms with Crippen molar-refractivity contribution in [1.29, 1.82) is 0 Å². The van der Waals surface area contributed by atoms with Crippen molar-refractivity contribution in [3.05, 3.63) is 0 Å². The molecule has 0 amide bonds. The Hall–Kier alpha value is 0.960. The standard InChI is InChI=1S/C6H12Br2/c1-3-5(7)6(8)4-2/h5-6H,3-4H2,1-2H3/t5-,6?/m0/s1. The molecule has 8 heavy (non-hydrogen) atoms. The van der Waals surface area contributed by atoms with Crippen LogP contribution < -0.4 is 0 Å². The minimum atomic E-state index is 0.646. The molecule has 50 valence electrons. The first kappa shape index (κ1) is 8.96.